The van der Waals surface area contributed by atoms with E-state index < -0.39 is 0 Å². The first-order chi connectivity index (χ1) is 9.19. The van der Waals surface area contributed by atoms with Crippen LogP contribution in [-0.2, 0) is 0 Å². The lowest BCUT2D eigenvalue weighted by Crippen LogP contribution is -2.25. The van der Waals surface area contributed by atoms with Gasteiger partial charge in [-0.3, -0.25) is 0 Å². The van der Waals surface area contributed by atoms with Crippen molar-refractivity contribution in [3.8, 4) is 16.9 Å². The van der Waals surface area contributed by atoms with Crippen molar-refractivity contribution in [2.24, 2.45) is 0 Å². The smallest absolute Gasteiger partial charge is 0.119 e. The largest absolute Gasteiger partial charge is 0.489 e. The summed E-state index contributed by atoms with van der Waals surface area (Å²) in [6, 6.07) is 16.8. The predicted molar refractivity (Wildman–Crippen MR) is 80.6 cm³/mol. The van der Waals surface area contributed by atoms with Crippen molar-refractivity contribution < 1.29 is 4.74 Å². The van der Waals surface area contributed by atoms with Gasteiger partial charge in [0.1, 0.15) is 11.9 Å². The second kappa shape index (κ2) is 6.39. The average molecular weight is 255 g/mol. The van der Waals surface area contributed by atoms with Crippen LogP contribution in [0.3, 0.4) is 0 Å². The summed E-state index contributed by atoms with van der Waals surface area (Å²) < 4.78 is 5.80. The van der Waals surface area contributed by atoms with E-state index in [1.54, 1.807) is 0 Å². The molecule has 0 spiro atoms. The molecule has 0 fully saturated rings. The molecule has 0 aliphatic rings. The van der Waals surface area contributed by atoms with Gasteiger partial charge in [-0.25, -0.2) is 0 Å². The summed E-state index contributed by atoms with van der Waals surface area (Å²) in [7, 11) is 1.93. The fourth-order valence-corrected chi connectivity index (χ4v) is 2.03. The Bertz CT molecular complexity index is 502. The zero-order valence-corrected chi connectivity index (χ0v) is 11.8. The van der Waals surface area contributed by atoms with Crippen molar-refractivity contribution in [1.82, 2.24) is 5.32 Å². The van der Waals surface area contributed by atoms with Gasteiger partial charge >= 0.3 is 0 Å². The lowest BCUT2D eigenvalue weighted by molar-refractivity contribution is 0.220. The van der Waals surface area contributed by atoms with E-state index in [1.807, 2.05) is 19.2 Å². The molecular weight excluding hydrogens is 234 g/mol. The number of ether oxygens (including phenoxy) is 1. The first-order valence-electron chi connectivity index (χ1n) is 6.67. The normalized spacial score (nSPS) is 12.2. The van der Waals surface area contributed by atoms with Gasteiger partial charge in [0, 0.05) is 6.54 Å². The number of hydrogen-bond donors (Lipinski definition) is 1. The molecule has 0 saturated heterocycles. The molecule has 1 atom stereocenters. The SMILES string of the molecule is CNCC(C)Oc1ccc(-c2ccc(C)cc2)cc1. The quantitative estimate of drug-likeness (QED) is 0.880. The van der Waals surface area contributed by atoms with Crippen LogP contribution in [0.5, 0.6) is 5.75 Å². The summed E-state index contributed by atoms with van der Waals surface area (Å²) in [4.78, 5) is 0. The lowest BCUT2D eigenvalue weighted by Gasteiger charge is -2.14. The topological polar surface area (TPSA) is 21.3 Å². The van der Waals surface area contributed by atoms with Gasteiger partial charge in [-0.15, -0.1) is 0 Å². The van der Waals surface area contributed by atoms with Crippen LogP contribution in [0.4, 0.5) is 0 Å². The van der Waals surface area contributed by atoms with E-state index in [2.05, 4.69) is 55.6 Å². The molecule has 2 rings (SSSR count). The molecule has 0 bridgehead atoms. The standard InChI is InChI=1S/C17H21NO/c1-13-4-6-15(7-5-13)16-8-10-17(11-9-16)19-14(2)12-18-3/h4-11,14,18H,12H2,1-3H3. The molecule has 2 heteroatoms. The number of rotatable bonds is 5. The fraction of sp³-hybridized carbons (Fsp3) is 0.294. The molecular formula is C17H21NO. The third kappa shape index (κ3) is 3.83. The minimum atomic E-state index is 0.176. The first-order valence-corrected chi connectivity index (χ1v) is 6.67. The highest BCUT2D eigenvalue weighted by atomic mass is 16.5. The molecule has 2 nitrogen and oxygen atoms in total. The third-order valence-electron chi connectivity index (χ3n) is 3.07. The molecule has 0 aliphatic heterocycles. The molecule has 0 amide bonds. The Morgan fingerprint density at radius 1 is 0.947 bits per heavy atom. The zero-order valence-electron chi connectivity index (χ0n) is 11.8. The Labute approximate surface area is 115 Å². The second-order valence-corrected chi connectivity index (χ2v) is 4.88. The Hall–Kier alpha value is -1.80. The highest BCUT2D eigenvalue weighted by molar-refractivity contribution is 5.64. The van der Waals surface area contributed by atoms with Crippen molar-refractivity contribution >= 4 is 0 Å². The van der Waals surface area contributed by atoms with Crippen LogP contribution < -0.4 is 10.1 Å². The van der Waals surface area contributed by atoms with Gasteiger partial charge < -0.3 is 10.1 Å². The van der Waals surface area contributed by atoms with Crippen LogP contribution in [0.25, 0.3) is 11.1 Å². The number of nitrogens with one attached hydrogen (secondary N) is 1. The van der Waals surface area contributed by atoms with Crippen LogP contribution in [-0.4, -0.2) is 19.7 Å². The van der Waals surface area contributed by atoms with E-state index in [1.165, 1.54) is 16.7 Å². The highest BCUT2D eigenvalue weighted by Gasteiger charge is 2.03. The van der Waals surface area contributed by atoms with E-state index in [0.717, 1.165) is 12.3 Å². The molecule has 1 unspecified atom stereocenters. The van der Waals surface area contributed by atoms with Crippen LogP contribution in [0.1, 0.15) is 12.5 Å². The summed E-state index contributed by atoms with van der Waals surface area (Å²) >= 11 is 0. The fourth-order valence-electron chi connectivity index (χ4n) is 2.03. The Morgan fingerprint density at radius 3 is 2.00 bits per heavy atom. The third-order valence-corrected chi connectivity index (χ3v) is 3.07. The second-order valence-electron chi connectivity index (χ2n) is 4.88. The molecule has 1 N–H and O–H groups in total. The number of likely N-dealkylation sites (N-methyl/N-ethyl adjacent to an activating group) is 1. The van der Waals surface area contributed by atoms with E-state index in [0.29, 0.717) is 0 Å². The molecule has 0 heterocycles. The van der Waals surface area contributed by atoms with Gasteiger partial charge in [0.25, 0.3) is 0 Å². The maximum atomic E-state index is 5.80. The van der Waals surface area contributed by atoms with Gasteiger partial charge in [-0.05, 0) is 44.2 Å². The summed E-state index contributed by atoms with van der Waals surface area (Å²) in [6.45, 7) is 5.01. The molecule has 19 heavy (non-hydrogen) atoms. The van der Waals surface area contributed by atoms with E-state index >= 15 is 0 Å². The van der Waals surface area contributed by atoms with Crippen molar-refractivity contribution in [2.75, 3.05) is 13.6 Å². The highest BCUT2D eigenvalue weighted by Crippen LogP contribution is 2.23. The maximum Gasteiger partial charge on any atom is 0.119 e. The van der Waals surface area contributed by atoms with Crippen molar-refractivity contribution in [1.29, 1.82) is 0 Å². The van der Waals surface area contributed by atoms with E-state index in [4.69, 9.17) is 4.74 Å². The number of hydrogen-bond acceptors (Lipinski definition) is 2. The van der Waals surface area contributed by atoms with Gasteiger partial charge in [0.15, 0.2) is 0 Å². The zero-order chi connectivity index (χ0) is 13.7. The average Bonchev–Trinajstić information content (AvgIpc) is 2.41. The molecule has 100 valence electrons. The summed E-state index contributed by atoms with van der Waals surface area (Å²) in [5.74, 6) is 0.915. The minimum Gasteiger partial charge on any atom is -0.489 e. The summed E-state index contributed by atoms with van der Waals surface area (Å²) in [5, 5.41) is 3.11. The van der Waals surface area contributed by atoms with E-state index in [-0.39, 0.29) is 6.10 Å². The molecule has 2 aromatic carbocycles. The van der Waals surface area contributed by atoms with Crippen LogP contribution in [0.2, 0.25) is 0 Å². The molecule has 0 aromatic heterocycles. The lowest BCUT2D eigenvalue weighted by atomic mass is 10.0. The predicted octanol–water partition coefficient (Wildman–Crippen LogP) is 3.65. The van der Waals surface area contributed by atoms with Gasteiger partial charge in [0.05, 0.1) is 0 Å². The van der Waals surface area contributed by atoms with Gasteiger partial charge in [0.2, 0.25) is 0 Å². The Balaban J connectivity index is 2.08. The van der Waals surface area contributed by atoms with Gasteiger partial charge in [-0.2, -0.15) is 0 Å². The Morgan fingerprint density at radius 2 is 1.47 bits per heavy atom. The van der Waals surface area contributed by atoms with Crippen LogP contribution in [0, 0.1) is 6.92 Å². The summed E-state index contributed by atoms with van der Waals surface area (Å²) in [5.41, 5.74) is 3.73. The van der Waals surface area contributed by atoms with Gasteiger partial charge in [-0.1, -0.05) is 42.0 Å². The van der Waals surface area contributed by atoms with Crippen molar-refractivity contribution in [3.05, 3.63) is 54.1 Å². The monoisotopic (exact) mass is 255 g/mol. The minimum absolute atomic E-state index is 0.176. The van der Waals surface area contributed by atoms with Crippen molar-refractivity contribution in [2.45, 2.75) is 20.0 Å². The summed E-state index contributed by atoms with van der Waals surface area (Å²) in [6.07, 6.45) is 0.176. The molecule has 0 radical (unpaired) electrons. The Kier molecular flexibility index (Phi) is 4.58. The molecule has 2 aromatic rings. The van der Waals surface area contributed by atoms with Crippen molar-refractivity contribution in [3.63, 3.8) is 0 Å². The van der Waals surface area contributed by atoms with Crippen LogP contribution >= 0.6 is 0 Å². The molecule has 0 aliphatic carbocycles. The number of aryl methyl sites for hydroxylation is 1. The van der Waals surface area contributed by atoms with Crippen LogP contribution in [0.15, 0.2) is 48.5 Å². The molecule has 0 saturated carbocycles. The number of benzene rings is 2. The maximum absolute atomic E-state index is 5.80. The van der Waals surface area contributed by atoms with E-state index in [9.17, 15) is 0 Å². The first kappa shape index (κ1) is 13.6.